The molecular formula is C29H35N7O7. The molecule has 3 aromatic rings. The van der Waals surface area contributed by atoms with Gasteiger partial charge in [0, 0.05) is 37.6 Å². The van der Waals surface area contributed by atoms with Crippen LogP contribution in [0.5, 0.6) is 0 Å². The Morgan fingerprint density at radius 2 is 1.91 bits per heavy atom. The van der Waals surface area contributed by atoms with Gasteiger partial charge in [-0.05, 0) is 44.5 Å². The van der Waals surface area contributed by atoms with Crippen LogP contribution >= 0.6 is 0 Å². The lowest BCUT2D eigenvalue weighted by Gasteiger charge is -2.32. The predicted octanol–water partition coefficient (Wildman–Crippen LogP) is 2.04. The van der Waals surface area contributed by atoms with E-state index in [2.05, 4.69) is 25.6 Å². The van der Waals surface area contributed by atoms with Crippen LogP contribution in [-0.2, 0) is 25.5 Å². The third kappa shape index (κ3) is 6.40. The smallest absolute Gasteiger partial charge is 0.408 e. The van der Waals surface area contributed by atoms with Crippen molar-refractivity contribution < 1.29 is 33.3 Å². The highest BCUT2D eigenvalue weighted by Crippen LogP contribution is 2.35. The van der Waals surface area contributed by atoms with Crippen LogP contribution in [0.4, 0.5) is 16.2 Å². The normalized spacial score (nSPS) is 20.7. The van der Waals surface area contributed by atoms with Crippen LogP contribution in [0.25, 0.3) is 5.65 Å². The summed E-state index contributed by atoms with van der Waals surface area (Å²) in [7, 11) is 0. The molecule has 14 nitrogen and oxygen atoms in total. The molecule has 0 aliphatic carbocycles. The van der Waals surface area contributed by atoms with E-state index in [1.54, 1.807) is 48.6 Å². The Kier molecular flexibility index (Phi) is 7.90. The Morgan fingerprint density at radius 1 is 1.14 bits per heavy atom. The number of hydrogen-bond acceptors (Lipinski definition) is 10. The van der Waals surface area contributed by atoms with Gasteiger partial charge in [0.05, 0.1) is 56.6 Å². The average molecular weight is 594 g/mol. The number of anilines is 2. The van der Waals surface area contributed by atoms with Gasteiger partial charge in [0.15, 0.2) is 11.9 Å². The standard InChI is InChI=1S/C29H35N7O7/c1-29(2,3)43-28(39)32-19-16-41-24(42-17-19)15-35-14-18-11-22(23(12-20(18)27(35)38)34-7-9-40-10-8-34)33-26(37)21-13-31-36-6-4-5-30-25(21)36/h4-6,11-13,19,24H,7-10,14-17H2,1-3H3,(H,32,39)(H,33,37)/t19-,24+. The minimum absolute atomic E-state index is 0.143. The molecule has 2 saturated heterocycles. The monoisotopic (exact) mass is 593 g/mol. The lowest BCUT2D eigenvalue weighted by molar-refractivity contribution is -0.193. The molecule has 2 aromatic heterocycles. The number of fused-ring (bicyclic) bond motifs is 2. The Balaban J connectivity index is 1.15. The van der Waals surface area contributed by atoms with Crippen LogP contribution < -0.4 is 15.5 Å². The molecule has 3 amide bonds. The van der Waals surface area contributed by atoms with Crippen LogP contribution in [0.1, 0.15) is 47.1 Å². The van der Waals surface area contributed by atoms with Crippen LogP contribution in [-0.4, -0.2) is 101 Å². The second kappa shape index (κ2) is 11.8. The lowest BCUT2D eigenvalue weighted by Crippen LogP contribution is -2.50. The molecule has 14 heteroatoms. The molecule has 2 N–H and O–H groups in total. The Bertz CT molecular complexity index is 1520. The molecule has 0 saturated carbocycles. The van der Waals surface area contributed by atoms with E-state index in [1.165, 1.54) is 6.20 Å². The molecule has 0 spiro atoms. The van der Waals surface area contributed by atoms with Crippen molar-refractivity contribution in [3.8, 4) is 0 Å². The second-order valence-corrected chi connectivity index (χ2v) is 11.7. The summed E-state index contributed by atoms with van der Waals surface area (Å²) in [6.07, 6.45) is 3.65. The lowest BCUT2D eigenvalue weighted by atomic mass is 10.1. The van der Waals surface area contributed by atoms with E-state index in [0.29, 0.717) is 55.3 Å². The van der Waals surface area contributed by atoms with Gasteiger partial charge < -0.3 is 39.4 Å². The molecule has 228 valence electrons. The van der Waals surface area contributed by atoms with Crippen molar-refractivity contribution >= 4 is 34.9 Å². The van der Waals surface area contributed by atoms with Crippen molar-refractivity contribution in [1.29, 1.82) is 0 Å². The molecular weight excluding hydrogens is 558 g/mol. The molecule has 5 heterocycles. The number of carbonyl (C=O) groups is 3. The van der Waals surface area contributed by atoms with Crippen LogP contribution in [0.2, 0.25) is 0 Å². The fourth-order valence-corrected chi connectivity index (χ4v) is 5.29. The van der Waals surface area contributed by atoms with Gasteiger partial charge in [0.2, 0.25) is 0 Å². The highest BCUT2D eigenvalue weighted by molar-refractivity contribution is 6.10. The summed E-state index contributed by atoms with van der Waals surface area (Å²) in [6.45, 7) is 8.73. The van der Waals surface area contributed by atoms with Crippen molar-refractivity contribution in [2.45, 2.75) is 45.2 Å². The number of benzene rings is 1. The summed E-state index contributed by atoms with van der Waals surface area (Å²) in [6, 6.07) is 5.09. The van der Waals surface area contributed by atoms with E-state index in [1.807, 2.05) is 12.1 Å². The number of hydrogen-bond donors (Lipinski definition) is 2. The van der Waals surface area contributed by atoms with Crippen molar-refractivity contribution in [3.05, 3.63) is 53.5 Å². The Hall–Kier alpha value is -4.27. The second-order valence-electron chi connectivity index (χ2n) is 11.7. The zero-order chi connectivity index (χ0) is 30.1. The molecule has 43 heavy (non-hydrogen) atoms. The highest BCUT2D eigenvalue weighted by atomic mass is 16.7. The number of morpholine rings is 1. The first-order valence-corrected chi connectivity index (χ1v) is 14.3. The molecule has 3 aliphatic heterocycles. The van der Waals surface area contributed by atoms with Crippen molar-refractivity contribution in [3.63, 3.8) is 0 Å². The van der Waals surface area contributed by atoms with Gasteiger partial charge in [0.1, 0.15) is 11.2 Å². The van der Waals surface area contributed by atoms with Crippen molar-refractivity contribution in [2.75, 3.05) is 56.3 Å². The number of alkyl carbamates (subject to hydrolysis) is 1. The predicted molar refractivity (Wildman–Crippen MR) is 154 cm³/mol. The Morgan fingerprint density at radius 3 is 2.65 bits per heavy atom. The summed E-state index contributed by atoms with van der Waals surface area (Å²) < 4.78 is 24.0. The van der Waals surface area contributed by atoms with Crippen LogP contribution in [0, 0.1) is 0 Å². The van der Waals surface area contributed by atoms with Gasteiger partial charge in [-0.1, -0.05) is 0 Å². The summed E-state index contributed by atoms with van der Waals surface area (Å²) in [5.74, 6) is -0.488. The first kappa shape index (κ1) is 28.8. The zero-order valence-corrected chi connectivity index (χ0v) is 24.4. The van der Waals surface area contributed by atoms with Crippen LogP contribution in [0.15, 0.2) is 36.8 Å². The number of aromatic nitrogens is 3. The largest absolute Gasteiger partial charge is 0.444 e. The highest BCUT2D eigenvalue weighted by Gasteiger charge is 2.34. The first-order valence-electron chi connectivity index (χ1n) is 14.3. The summed E-state index contributed by atoms with van der Waals surface area (Å²) in [5, 5.41) is 10.0. The maximum Gasteiger partial charge on any atom is 0.408 e. The number of nitrogens with one attached hydrogen (secondary N) is 2. The van der Waals surface area contributed by atoms with E-state index < -0.39 is 18.0 Å². The first-order chi connectivity index (χ1) is 20.6. The summed E-state index contributed by atoms with van der Waals surface area (Å²) >= 11 is 0. The molecule has 0 unspecified atom stereocenters. The van der Waals surface area contributed by atoms with Gasteiger partial charge in [-0.2, -0.15) is 5.10 Å². The zero-order valence-electron chi connectivity index (χ0n) is 24.4. The molecule has 6 rings (SSSR count). The van der Waals surface area contributed by atoms with Gasteiger partial charge in [-0.3, -0.25) is 9.59 Å². The summed E-state index contributed by atoms with van der Waals surface area (Å²) in [5.41, 5.74) is 2.88. The van der Waals surface area contributed by atoms with E-state index >= 15 is 0 Å². The number of nitrogens with zero attached hydrogens (tertiary/aromatic N) is 5. The summed E-state index contributed by atoms with van der Waals surface area (Å²) in [4.78, 5) is 47.0. The molecule has 0 atom stereocenters. The van der Waals surface area contributed by atoms with Gasteiger partial charge >= 0.3 is 6.09 Å². The minimum Gasteiger partial charge on any atom is -0.444 e. The quantitative estimate of drug-likeness (QED) is 0.435. The fourth-order valence-electron chi connectivity index (χ4n) is 5.29. The number of carbonyl (C=O) groups excluding carboxylic acids is 3. The number of ether oxygens (including phenoxy) is 4. The molecule has 0 bridgehead atoms. The van der Waals surface area contributed by atoms with Gasteiger partial charge in [0.25, 0.3) is 11.8 Å². The maximum absolute atomic E-state index is 13.5. The third-order valence-corrected chi connectivity index (χ3v) is 7.28. The van der Waals surface area contributed by atoms with Gasteiger partial charge in [-0.15, -0.1) is 0 Å². The SMILES string of the molecule is CC(C)(C)OC(=O)N[C@H]1CO[C@@H](CN2Cc3cc(NC(=O)c4cnn5cccnc45)c(N4CCOCC4)cc3C2=O)OC1. The van der Waals surface area contributed by atoms with Crippen LogP contribution in [0.3, 0.4) is 0 Å². The van der Waals surface area contributed by atoms with E-state index in [4.69, 9.17) is 18.9 Å². The van der Waals surface area contributed by atoms with E-state index in [-0.39, 0.29) is 37.6 Å². The third-order valence-electron chi connectivity index (χ3n) is 7.28. The molecule has 3 aliphatic rings. The maximum atomic E-state index is 13.5. The molecule has 0 radical (unpaired) electrons. The molecule has 2 fully saturated rings. The topological polar surface area (TPSA) is 149 Å². The van der Waals surface area contributed by atoms with Crippen molar-refractivity contribution in [1.82, 2.24) is 24.8 Å². The fraction of sp³-hybridized carbons (Fsp3) is 0.483. The number of rotatable bonds is 6. The average Bonchev–Trinajstić information content (AvgIpc) is 3.54. The Labute approximate surface area is 248 Å². The molecule has 1 aromatic carbocycles. The minimum atomic E-state index is -0.643. The van der Waals surface area contributed by atoms with Gasteiger partial charge in [-0.25, -0.2) is 14.3 Å². The number of amides is 3. The van der Waals surface area contributed by atoms with E-state index in [0.717, 1.165) is 11.3 Å². The van der Waals surface area contributed by atoms with E-state index in [9.17, 15) is 14.4 Å². The van der Waals surface area contributed by atoms with Crippen molar-refractivity contribution in [2.24, 2.45) is 0 Å².